The van der Waals surface area contributed by atoms with Crippen molar-refractivity contribution in [1.29, 1.82) is 0 Å². The molecule has 0 atom stereocenters. The number of nitrogens with one attached hydrogen (secondary N) is 1. The predicted octanol–water partition coefficient (Wildman–Crippen LogP) is 4.10. The van der Waals surface area contributed by atoms with Crippen LogP contribution in [0.15, 0.2) is 42.5 Å². The number of H-pyrrole nitrogens is 1. The van der Waals surface area contributed by atoms with Crippen LogP contribution >= 0.6 is 0 Å². The van der Waals surface area contributed by atoms with Gasteiger partial charge in [0, 0.05) is 5.56 Å². The van der Waals surface area contributed by atoms with Gasteiger partial charge in [-0.3, -0.25) is 0 Å². The van der Waals surface area contributed by atoms with Crippen molar-refractivity contribution in [2.75, 3.05) is 0 Å². The number of imidazole rings is 1. The molecule has 1 aromatic heterocycles. The Kier molecular flexibility index (Phi) is 2.63. The lowest BCUT2D eigenvalue weighted by Crippen LogP contribution is -1.80. The molecule has 0 spiro atoms. The standard InChI is InChI=1S/C16H16N2/c1-3-12-7-8-14-15(10-12)18-16(17-14)13-6-4-5-11(2)9-13/h4-10H,3H2,1-2H3,(H,17,18). The maximum Gasteiger partial charge on any atom is 0.138 e. The molecule has 1 heterocycles. The first-order valence-electron chi connectivity index (χ1n) is 6.32. The molecule has 0 bridgehead atoms. The van der Waals surface area contributed by atoms with Crippen LogP contribution in [0.25, 0.3) is 22.4 Å². The fourth-order valence-corrected chi connectivity index (χ4v) is 2.21. The first kappa shape index (κ1) is 11.0. The molecular weight excluding hydrogens is 220 g/mol. The second kappa shape index (κ2) is 4.30. The Bertz CT molecular complexity index is 695. The monoisotopic (exact) mass is 236 g/mol. The van der Waals surface area contributed by atoms with Crippen molar-refractivity contribution in [1.82, 2.24) is 9.97 Å². The molecule has 0 aliphatic carbocycles. The zero-order chi connectivity index (χ0) is 12.5. The van der Waals surface area contributed by atoms with Crippen LogP contribution < -0.4 is 0 Å². The molecule has 18 heavy (non-hydrogen) atoms. The number of nitrogens with zero attached hydrogens (tertiary/aromatic N) is 1. The van der Waals surface area contributed by atoms with Crippen molar-refractivity contribution in [2.45, 2.75) is 20.3 Å². The summed E-state index contributed by atoms with van der Waals surface area (Å²) >= 11 is 0. The normalized spacial score (nSPS) is 11.0. The van der Waals surface area contributed by atoms with Gasteiger partial charge in [0.15, 0.2) is 0 Å². The number of aromatic amines is 1. The molecule has 1 N–H and O–H groups in total. The van der Waals surface area contributed by atoms with E-state index in [-0.39, 0.29) is 0 Å². The maximum atomic E-state index is 4.64. The van der Waals surface area contributed by atoms with E-state index < -0.39 is 0 Å². The molecule has 0 saturated carbocycles. The number of aryl methyl sites for hydroxylation is 2. The second-order valence-corrected chi connectivity index (χ2v) is 4.66. The van der Waals surface area contributed by atoms with Crippen molar-refractivity contribution < 1.29 is 0 Å². The third-order valence-electron chi connectivity index (χ3n) is 3.25. The summed E-state index contributed by atoms with van der Waals surface area (Å²) in [4.78, 5) is 8.05. The van der Waals surface area contributed by atoms with Crippen molar-refractivity contribution in [2.24, 2.45) is 0 Å². The lowest BCUT2D eigenvalue weighted by Gasteiger charge is -1.97. The molecule has 3 aromatic rings. The second-order valence-electron chi connectivity index (χ2n) is 4.66. The van der Waals surface area contributed by atoms with E-state index in [0.717, 1.165) is 28.8 Å². The van der Waals surface area contributed by atoms with Crippen LogP contribution in [0.4, 0.5) is 0 Å². The lowest BCUT2D eigenvalue weighted by atomic mass is 10.1. The Morgan fingerprint density at radius 3 is 2.78 bits per heavy atom. The van der Waals surface area contributed by atoms with Gasteiger partial charge in [0.05, 0.1) is 11.0 Å². The van der Waals surface area contributed by atoms with Gasteiger partial charge in [0.1, 0.15) is 5.82 Å². The van der Waals surface area contributed by atoms with E-state index in [4.69, 9.17) is 0 Å². The van der Waals surface area contributed by atoms with Crippen LogP contribution in [-0.2, 0) is 6.42 Å². The number of benzene rings is 2. The summed E-state index contributed by atoms with van der Waals surface area (Å²) in [5.41, 5.74) is 5.88. The molecule has 2 heteroatoms. The van der Waals surface area contributed by atoms with Crippen molar-refractivity contribution in [3.8, 4) is 11.4 Å². The Balaban J connectivity index is 2.13. The zero-order valence-electron chi connectivity index (χ0n) is 10.7. The van der Waals surface area contributed by atoms with Gasteiger partial charge in [-0.15, -0.1) is 0 Å². The van der Waals surface area contributed by atoms with Gasteiger partial charge >= 0.3 is 0 Å². The zero-order valence-corrected chi connectivity index (χ0v) is 10.7. The van der Waals surface area contributed by atoms with Gasteiger partial charge in [-0.25, -0.2) is 4.98 Å². The van der Waals surface area contributed by atoms with Crippen molar-refractivity contribution >= 4 is 11.0 Å². The van der Waals surface area contributed by atoms with Crippen LogP contribution in [0.2, 0.25) is 0 Å². The quantitative estimate of drug-likeness (QED) is 0.713. The third-order valence-corrected chi connectivity index (χ3v) is 3.25. The molecular formula is C16H16N2. The molecule has 0 fully saturated rings. The number of hydrogen-bond acceptors (Lipinski definition) is 1. The molecule has 3 rings (SSSR count). The molecule has 0 radical (unpaired) electrons. The molecule has 0 unspecified atom stereocenters. The van der Waals surface area contributed by atoms with Crippen LogP contribution in [0.1, 0.15) is 18.1 Å². The summed E-state index contributed by atoms with van der Waals surface area (Å²) in [6.45, 7) is 4.26. The van der Waals surface area contributed by atoms with Gasteiger partial charge in [-0.05, 0) is 37.1 Å². The average molecular weight is 236 g/mol. The highest BCUT2D eigenvalue weighted by Gasteiger charge is 2.05. The van der Waals surface area contributed by atoms with E-state index in [2.05, 4.69) is 66.3 Å². The van der Waals surface area contributed by atoms with Crippen LogP contribution in [0.3, 0.4) is 0 Å². The molecule has 0 amide bonds. The van der Waals surface area contributed by atoms with E-state index in [1.807, 2.05) is 0 Å². The number of hydrogen-bond donors (Lipinski definition) is 1. The number of aromatic nitrogens is 2. The fourth-order valence-electron chi connectivity index (χ4n) is 2.21. The van der Waals surface area contributed by atoms with Gasteiger partial charge in [-0.1, -0.05) is 36.8 Å². The van der Waals surface area contributed by atoms with Gasteiger partial charge < -0.3 is 4.98 Å². The summed E-state index contributed by atoms with van der Waals surface area (Å²) in [6, 6.07) is 14.8. The van der Waals surface area contributed by atoms with Gasteiger partial charge in [0.2, 0.25) is 0 Å². The SMILES string of the molecule is CCc1ccc2nc(-c3cccc(C)c3)[nH]c2c1. The van der Waals surface area contributed by atoms with E-state index in [1.54, 1.807) is 0 Å². The van der Waals surface area contributed by atoms with Gasteiger partial charge in [-0.2, -0.15) is 0 Å². The fraction of sp³-hybridized carbons (Fsp3) is 0.188. The van der Waals surface area contributed by atoms with Crippen LogP contribution in [-0.4, -0.2) is 9.97 Å². The predicted molar refractivity (Wildman–Crippen MR) is 75.6 cm³/mol. The van der Waals surface area contributed by atoms with E-state index in [0.29, 0.717) is 0 Å². The molecule has 2 nitrogen and oxygen atoms in total. The topological polar surface area (TPSA) is 28.7 Å². The smallest absolute Gasteiger partial charge is 0.138 e. The summed E-state index contributed by atoms with van der Waals surface area (Å²) < 4.78 is 0. The Hall–Kier alpha value is -2.09. The third kappa shape index (κ3) is 1.90. The summed E-state index contributed by atoms with van der Waals surface area (Å²) in [5, 5.41) is 0. The number of fused-ring (bicyclic) bond motifs is 1. The van der Waals surface area contributed by atoms with E-state index in [9.17, 15) is 0 Å². The minimum absolute atomic E-state index is 0.946. The van der Waals surface area contributed by atoms with E-state index >= 15 is 0 Å². The van der Waals surface area contributed by atoms with Crippen molar-refractivity contribution in [3.63, 3.8) is 0 Å². The Labute approximate surface area is 107 Å². The van der Waals surface area contributed by atoms with Crippen LogP contribution in [0.5, 0.6) is 0 Å². The minimum Gasteiger partial charge on any atom is -0.338 e. The highest BCUT2D eigenvalue weighted by atomic mass is 14.9. The Morgan fingerprint density at radius 2 is 2.00 bits per heavy atom. The Morgan fingerprint density at radius 1 is 1.11 bits per heavy atom. The molecule has 0 aliphatic rings. The molecule has 90 valence electrons. The summed E-state index contributed by atoms with van der Waals surface area (Å²) in [5.74, 6) is 0.946. The first-order valence-corrected chi connectivity index (χ1v) is 6.32. The first-order chi connectivity index (χ1) is 8.76. The summed E-state index contributed by atoms with van der Waals surface area (Å²) in [6.07, 6.45) is 1.05. The highest BCUT2D eigenvalue weighted by molar-refractivity contribution is 5.80. The minimum atomic E-state index is 0.946. The highest BCUT2D eigenvalue weighted by Crippen LogP contribution is 2.22. The van der Waals surface area contributed by atoms with Crippen molar-refractivity contribution in [3.05, 3.63) is 53.6 Å². The van der Waals surface area contributed by atoms with Gasteiger partial charge in [0.25, 0.3) is 0 Å². The average Bonchev–Trinajstić information content (AvgIpc) is 2.81. The molecule has 0 saturated heterocycles. The van der Waals surface area contributed by atoms with Crippen LogP contribution in [0, 0.1) is 6.92 Å². The lowest BCUT2D eigenvalue weighted by molar-refractivity contribution is 1.14. The summed E-state index contributed by atoms with van der Waals surface area (Å²) in [7, 11) is 0. The maximum absolute atomic E-state index is 4.64. The molecule has 2 aromatic carbocycles. The van der Waals surface area contributed by atoms with E-state index in [1.165, 1.54) is 11.1 Å². The largest absolute Gasteiger partial charge is 0.338 e. The molecule has 0 aliphatic heterocycles. The number of rotatable bonds is 2.